The van der Waals surface area contributed by atoms with Gasteiger partial charge in [0.25, 0.3) is 15.9 Å². The average Bonchev–Trinajstić information content (AvgIpc) is 2.70. The van der Waals surface area contributed by atoms with Crippen LogP contribution in [0.3, 0.4) is 0 Å². The minimum absolute atomic E-state index is 0.0114. The molecular weight excluding hydrogens is 428 g/mol. The van der Waals surface area contributed by atoms with Crippen LogP contribution in [0.1, 0.15) is 29.4 Å². The summed E-state index contributed by atoms with van der Waals surface area (Å²) in [6.45, 7) is 9.04. The molecule has 0 saturated carbocycles. The number of aryl methyl sites for hydroxylation is 4. The number of nitrogens with zero attached hydrogens (tertiary/aromatic N) is 2. The number of carbonyl (C=O) groups excluding carboxylic acids is 1. The average molecular weight is 455 g/mol. The third kappa shape index (κ3) is 5.82. The van der Waals surface area contributed by atoms with Crippen LogP contribution < -0.4 is 14.8 Å². The first-order valence-electron chi connectivity index (χ1n) is 10.0. The van der Waals surface area contributed by atoms with Crippen LogP contribution in [0.2, 0.25) is 0 Å². The Bertz CT molecular complexity index is 1220. The van der Waals surface area contributed by atoms with E-state index >= 15 is 0 Å². The number of aromatic nitrogens is 2. The van der Waals surface area contributed by atoms with E-state index in [4.69, 9.17) is 4.74 Å². The van der Waals surface area contributed by atoms with Gasteiger partial charge in [-0.05, 0) is 82.1 Å². The van der Waals surface area contributed by atoms with Gasteiger partial charge >= 0.3 is 0 Å². The van der Waals surface area contributed by atoms with Crippen LogP contribution >= 0.6 is 0 Å². The zero-order chi connectivity index (χ0) is 23.5. The summed E-state index contributed by atoms with van der Waals surface area (Å²) >= 11 is 0. The van der Waals surface area contributed by atoms with E-state index in [0.717, 1.165) is 11.1 Å². The number of sulfonamides is 1. The summed E-state index contributed by atoms with van der Waals surface area (Å²) in [4.78, 5) is 20.7. The topological polar surface area (TPSA) is 110 Å². The van der Waals surface area contributed by atoms with Gasteiger partial charge < -0.3 is 10.1 Å². The van der Waals surface area contributed by atoms with Crippen molar-refractivity contribution in [3.05, 3.63) is 71.0 Å². The fraction of sp³-hybridized carbons (Fsp3) is 0.261. The van der Waals surface area contributed by atoms with Crippen molar-refractivity contribution in [2.24, 2.45) is 0 Å². The second-order valence-electron chi connectivity index (χ2n) is 7.62. The summed E-state index contributed by atoms with van der Waals surface area (Å²) in [6, 6.07) is 13.4. The maximum Gasteiger partial charge on any atom is 0.265 e. The Kier molecular flexibility index (Phi) is 6.78. The number of nitrogens with one attached hydrogen (secondary N) is 2. The van der Waals surface area contributed by atoms with Crippen molar-refractivity contribution >= 4 is 27.6 Å². The predicted octanol–water partition coefficient (Wildman–Crippen LogP) is 3.92. The molecule has 8 nitrogen and oxygen atoms in total. The Morgan fingerprint density at radius 3 is 2.19 bits per heavy atom. The molecule has 1 atom stereocenters. The summed E-state index contributed by atoms with van der Waals surface area (Å²) in [5.41, 5.74) is 3.74. The quantitative estimate of drug-likeness (QED) is 0.560. The van der Waals surface area contributed by atoms with Crippen LogP contribution in [0.4, 0.5) is 11.6 Å². The first-order valence-corrected chi connectivity index (χ1v) is 11.5. The molecule has 3 aromatic rings. The zero-order valence-electron chi connectivity index (χ0n) is 18.6. The highest BCUT2D eigenvalue weighted by Crippen LogP contribution is 2.21. The standard InChI is InChI=1S/C23H26N4O4S/c1-14-6-7-15(2)21(12-14)31-18(5)22(28)26-19-8-10-20(11-9-19)32(29,30)27-23-24-16(3)13-17(4)25-23/h6-13,18H,1-5H3,(H,26,28)(H,24,25,27)/t18-/m0/s1. The van der Waals surface area contributed by atoms with Gasteiger partial charge in [0.2, 0.25) is 5.95 Å². The fourth-order valence-corrected chi connectivity index (χ4v) is 3.93. The normalized spacial score (nSPS) is 12.2. The van der Waals surface area contributed by atoms with Gasteiger partial charge in [0.05, 0.1) is 4.90 Å². The van der Waals surface area contributed by atoms with Crippen LogP contribution in [0.25, 0.3) is 0 Å². The van der Waals surface area contributed by atoms with E-state index in [2.05, 4.69) is 20.0 Å². The van der Waals surface area contributed by atoms with Gasteiger partial charge in [-0.15, -0.1) is 0 Å². The monoisotopic (exact) mass is 454 g/mol. The lowest BCUT2D eigenvalue weighted by atomic mass is 10.1. The number of carbonyl (C=O) groups is 1. The molecule has 0 aliphatic carbocycles. The zero-order valence-corrected chi connectivity index (χ0v) is 19.4. The van der Waals surface area contributed by atoms with Gasteiger partial charge in [0, 0.05) is 17.1 Å². The van der Waals surface area contributed by atoms with E-state index in [0.29, 0.717) is 22.8 Å². The Morgan fingerprint density at radius 1 is 0.938 bits per heavy atom. The van der Waals surface area contributed by atoms with Crippen LogP contribution in [-0.2, 0) is 14.8 Å². The summed E-state index contributed by atoms with van der Waals surface area (Å²) in [5.74, 6) is 0.314. The van der Waals surface area contributed by atoms with Crippen LogP contribution in [0.5, 0.6) is 5.75 Å². The SMILES string of the molecule is Cc1ccc(C)c(O[C@@H](C)C(=O)Nc2ccc(S(=O)(=O)Nc3nc(C)cc(C)n3)cc2)c1. The van der Waals surface area contributed by atoms with Gasteiger partial charge in [-0.3, -0.25) is 4.79 Å². The number of hydrogen-bond donors (Lipinski definition) is 2. The number of hydrogen-bond acceptors (Lipinski definition) is 6. The first-order chi connectivity index (χ1) is 15.0. The maximum absolute atomic E-state index is 12.6. The highest BCUT2D eigenvalue weighted by atomic mass is 32.2. The lowest BCUT2D eigenvalue weighted by Gasteiger charge is -2.17. The Balaban J connectivity index is 1.66. The first kappa shape index (κ1) is 23.2. The van der Waals surface area contributed by atoms with Crippen LogP contribution in [0, 0.1) is 27.7 Å². The molecule has 168 valence electrons. The highest BCUT2D eigenvalue weighted by Gasteiger charge is 2.18. The fourth-order valence-electron chi connectivity index (χ4n) is 2.99. The van der Waals surface area contributed by atoms with E-state index in [-0.39, 0.29) is 16.8 Å². The van der Waals surface area contributed by atoms with Crippen molar-refractivity contribution in [3.63, 3.8) is 0 Å². The smallest absolute Gasteiger partial charge is 0.265 e. The van der Waals surface area contributed by atoms with E-state index in [1.807, 2.05) is 32.0 Å². The molecule has 0 unspecified atom stereocenters. The molecule has 0 radical (unpaired) electrons. The minimum atomic E-state index is -3.87. The molecule has 1 heterocycles. The van der Waals surface area contributed by atoms with E-state index in [1.54, 1.807) is 26.8 Å². The second-order valence-corrected chi connectivity index (χ2v) is 9.30. The molecular formula is C23H26N4O4S. The summed E-state index contributed by atoms with van der Waals surface area (Å²) in [6.07, 6.45) is -0.734. The molecule has 2 N–H and O–H groups in total. The van der Waals surface area contributed by atoms with E-state index < -0.39 is 16.1 Å². The number of rotatable bonds is 7. The molecule has 0 bridgehead atoms. The number of benzene rings is 2. The number of ether oxygens (including phenoxy) is 1. The molecule has 0 aliphatic rings. The van der Waals surface area contributed by atoms with Crippen molar-refractivity contribution in [2.75, 3.05) is 10.0 Å². The Hall–Kier alpha value is -3.46. The predicted molar refractivity (Wildman–Crippen MR) is 123 cm³/mol. The third-order valence-corrected chi connectivity index (χ3v) is 6.00. The van der Waals surface area contributed by atoms with Crippen LogP contribution in [-0.4, -0.2) is 30.4 Å². The molecule has 1 aromatic heterocycles. The summed E-state index contributed by atoms with van der Waals surface area (Å²) in [7, 11) is -3.87. The minimum Gasteiger partial charge on any atom is -0.481 e. The van der Waals surface area contributed by atoms with Crippen molar-refractivity contribution in [3.8, 4) is 5.75 Å². The molecule has 3 rings (SSSR count). The largest absolute Gasteiger partial charge is 0.481 e. The Morgan fingerprint density at radius 2 is 1.56 bits per heavy atom. The molecule has 32 heavy (non-hydrogen) atoms. The number of anilines is 2. The maximum atomic E-state index is 12.6. The van der Waals surface area contributed by atoms with E-state index in [1.165, 1.54) is 24.3 Å². The van der Waals surface area contributed by atoms with Crippen molar-refractivity contribution < 1.29 is 17.9 Å². The van der Waals surface area contributed by atoms with Gasteiger partial charge in [0.15, 0.2) is 6.10 Å². The molecule has 9 heteroatoms. The lowest BCUT2D eigenvalue weighted by molar-refractivity contribution is -0.122. The van der Waals surface area contributed by atoms with E-state index in [9.17, 15) is 13.2 Å². The Labute approximate surface area is 188 Å². The summed E-state index contributed by atoms with van der Waals surface area (Å²) in [5, 5.41) is 2.74. The van der Waals surface area contributed by atoms with Crippen molar-refractivity contribution in [1.82, 2.24) is 9.97 Å². The van der Waals surface area contributed by atoms with Gasteiger partial charge in [-0.2, -0.15) is 0 Å². The molecule has 0 spiro atoms. The molecule has 0 aliphatic heterocycles. The third-order valence-electron chi connectivity index (χ3n) is 4.66. The molecule has 2 aromatic carbocycles. The highest BCUT2D eigenvalue weighted by molar-refractivity contribution is 7.92. The van der Waals surface area contributed by atoms with Crippen molar-refractivity contribution in [1.29, 1.82) is 0 Å². The van der Waals surface area contributed by atoms with Gasteiger partial charge in [-0.1, -0.05) is 12.1 Å². The molecule has 1 amide bonds. The summed E-state index contributed by atoms with van der Waals surface area (Å²) < 4.78 is 33.4. The lowest BCUT2D eigenvalue weighted by Crippen LogP contribution is -2.30. The van der Waals surface area contributed by atoms with Crippen LogP contribution in [0.15, 0.2) is 53.4 Å². The number of amides is 1. The molecule has 0 fully saturated rings. The van der Waals surface area contributed by atoms with Crippen molar-refractivity contribution in [2.45, 2.75) is 45.6 Å². The second kappa shape index (κ2) is 9.35. The van der Waals surface area contributed by atoms with Gasteiger partial charge in [-0.25, -0.2) is 23.1 Å². The van der Waals surface area contributed by atoms with Gasteiger partial charge in [0.1, 0.15) is 5.75 Å². The molecule has 0 saturated heterocycles.